The summed E-state index contributed by atoms with van der Waals surface area (Å²) in [6.07, 6.45) is 2.77. The summed E-state index contributed by atoms with van der Waals surface area (Å²) in [4.78, 5) is 53.2. The Morgan fingerprint density at radius 3 is 2.68 bits per heavy atom. The number of amides is 5. The van der Waals surface area contributed by atoms with Gasteiger partial charge in [-0.15, -0.1) is 11.3 Å². The van der Waals surface area contributed by atoms with Crippen LogP contribution >= 0.6 is 11.3 Å². The third-order valence-electron chi connectivity index (χ3n) is 5.17. The van der Waals surface area contributed by atoms with E-state index in [-0.39, 0.29) is 18.2 Å². The summed E-state index contributed by atoms with van der Waals surface area (Å²) >= 11 is 1.22. The van der Waals surface area contributed by atoms with Crippen molar-refractivity contribution in [2.45, 2.75) is 58.4 Å². The molecule has 5 amide bonds. The predicted octanol–water partition coefficient (Wildman–Crippen LogP) is 1.81. The Balaban J connectivity index is 1.58. The minimum absolute atomic E-state index is 0.102. The van der Waals surface area contributed by atoms with E-state index in [4.69, 9.17) is 0 Å². The maximum Gasteiger partial charge on any atom is 0.344 e. The molecular formula is C18H25N5O4S. The molecule has 2 heterocycles. The number of urea groups is 1. The van der Waals surface area contributed by atoms with Gasteiger partial charge >= 0.3 is 6.03 Å². The maximum absolute atomic E-state index is 12.7. The lowest BCUT2D eigenvalue weighted by molar-refractivity contribution is -0.139. The molecule has 3 N–H and O–H groups in total. The summed E-state index contributed by atoms with van der Waals surface area (Å²) in [6, 6.07) is -0.601. The second kappa shape index (κ2) is 7.86. The van der Waals surface area contributed by atoms with E-state index in [9.17, 15) is 19.2 Å². The van der Waals surface area contributed by atoms with Gasteiger partial charge in [0.2, 0.25) is 11.8 Å². The van der Waals surface area contributed by atoms with E-state index in [0.717, 1.165) is 17.9 Å². The van der Waals surface area contributed by atoms with Gasteiger partial charge in [-0.05, 0) is 31.6 Å². The van der Waals surface area contributed by atoms with Gasteiger partial charge in [-0.2, -0.15) is 5.01 Å². The average molecular weight is 407 g/mol. The van der Waals surface area contributed by atoms with E-state index in [2.05, 4.69) is 28.0 Å². The van der Waals surface area contributed by atoms with E-state index >= 15 is 0 Å². The molecule has 1 aromatic rings. The molecule has 1 saturated carbocycles. The predicted molar refractivity (Wildman–Crippen MR) is 103 cm³/mol. The molecule has 1 spiro atoms. The number of rotatable bonds is 5. The summed E-state index contributed by atoms with van der Waals surface area (Å²) in [6.45, 7) is 5.67. The van der Waals surface area contributed by atoms with Gasteiger partial charge in [-0.25, -0.2) is 9.78 Å². The van der Waals surface area contributed by atoms with E-state index in [0.29, 0.717) is 29.6 Å². The van der Waals surface area contributed by atoms with Crippen LogP contribution in [0.5, 0.6) is 0 Å². The lowest BCUT2D eigenvalue weighted by atomic mass is 9.77. The van der Waals surface area contributed by atoms with Crippen molar-refractivity contribution in [1.82, 2.24) is 20.7 Å². The van der Waals surface area contributed by atoms with E-state index < -0.39 is 23.4 Å². The van der Waals surface area contributed by atoms with Gasteiger partial charge in [0, 0.05) is 11.3 Å². The Hall–Kier alpha value is -2.49. The highest BCUT2D eigenvalue weighted by atomic mass is 32.1. The van der Waals surface area contributed by atoms with E-state index in [1.807, 2.05) is 0 Å². The second-order valence-corrected chi connectivity index (χ2v) is 8.69. The van der Waals surface area contributed by atoms with Crippen LogP contribution in [0.1, 0.15) is 52.1 Å². The van der Waals surface area contributed by atoms with Crippen LogP contribution in [0.15, 0.2) is 5.38 Å². The molecule has 2 aliphatic rings. The van der Waals surface area contributed by atoms with E-state index in [1.54, 1.807) is 19.2 Å². The molecule has 9 nitrogen and oxygen atoms in total. The van der Waals surface area contributed by atoms with Gasteiger partial charge in [-0.3, -0.25) is 19.8 Å². The zero-order valence-electron chi connectivity index (χ0n) is 16.2. The van der Waals surface area contributed by atoms with Crippen molar-refractivity contribution < 1.29 is 19.2 Å². The Labute approximate surface area is 167 Å². The van der Waals surface area contributed by atoms with Crippen LogP contribution in [0.2, 0.25) is 0 Å². The van der Waals surface area contributed by atoms with Crippen LogP contribution in [0, 0.1) is 11.8 Å². The Bertz CT molecular complexity index is 798. The highest BCUT2D eigenvalue weighted by Gasteiger charge is 2.52. The van der Waals surface area contributed by atoms with Gasteiger partial charge < -0.3 is 10.6 Å². The van der Waals surface area contributed by atoms with Crippen LogP contribution in [0.4, 0.5) is 9.93 Å². The molecule has 3 rings (SSSR count). The number of imide groups is 1. The van der Waals surface area contributed by atoms with Crippen molar-refractivity contribution in [2.75, 3.05) is 5.32 Å². The molecule has 0 radical (unpaired) electrons. The highest BCUT2D eigenvalue weighted by Crippen LogP contribution is 2.35. The van der Waals surface area contributed by atoms with Crippen LogP contribution in [-0.2, 0) is 20.8 Å². The third kappa shape index (κ3) is 4.16. The fourth-order valence-corrected chi connectivity index (χ4v) is 4.05. The van der Waals surface area contributed by atoms with Crippen molar-refractivity contribution in [3.8, 4) is 0 Å². The summed E-state index contributed by atoms with van der Waals surface area (Å²) in [7, 11) is 0. The molecule has 0 atom stereocenters. The lowest BCUT2D eigenvalue weighted by Crippen LogP contribution is -2.51. The number of aromatic nitrogens is 1. The molecule has 1 aromatic heterocycles. The zero-order chi connectivity index (χ0) is 20.5. The quantitative estimate of drug-likeness (QED) is 0.643. The third-order valence-corrected chi connectivity index (χ3v) is 5.98. The van der Waals surface area contributed by atoms with E-state index in [1.165, 1.54) is 11.3 Å². The number of thiazole rings is 1. The number of hydrazine groups is 1. The largest absolute Gasteiger partial charge is 0.344 e. The summed E-state index contributed by atoms with van der Waals surface area (Å²) in [5.74, 6) is -0.728. The molecule has 1 aliphatic carbocycles. The molecular weight excluding hydrogens is 382 g/mol. The molecule has 0 unspecified atom stereocenters. The number of carbonyl (C=O) groups is 4. The molecule has 10 heteroatoms. The van der Waals surface area contributed by atoms with Crippen LogP contribution < -0.4 is 16.1 Å². The first-order valence-corrected chi connectivity index (χ1v) is 10.3. The SMILES string of the molecule is CC1CCC2(CC1)NC(=O)N(NC(=O)Cc1csc(NC(=O)C(C)C)n1)C2=O. The average Bonchev–Trinajstić information content (AvgIpc) is 3.15. The minimum atomic E-state index is -0.897. The standard InChI is InChI=1S/C18H25N5O4S/c1-10(2)14(25)20-16-19-12(9-28-16)8-13(24)22-23-15(26)18(21-17(23)27)6-4-11(3)5-7-18/h9-11H,4-8H2,1-3H3,(H,21,27)(H,22,24)(H,19,20,25). The number of nitrogens with zero attached hydrogens (tertiary/aromatic N) is 2. The first-order valence-electron chi connectivity index (χ1n) is 9.41. The molecule has 0 bridgehead atoms. The fourth-order valence-electron chi connectivity index (χ4n) is 3.34. The first kappa shape index (κ1) is 20.2. The van der Waals surface area contributed by atoms with Gasteiger partial charge in [0.15, 0.2) is 5.13 Å². The fraction of sp³-hybridized carbons (Fsp3) is 0.611. The van der Waals surface area contributed by atoms with Crippen LogP contribution in [0.25, 0.3) is 0 Å². The molecule has 152 valence electrons. The Kier molecular flexibility index (Phi) is 5.69. The van der Waals surface area contributed by atoms with Gasteiger partial charge in [-0.1, -0.05) is 20.8 Å². The first-order chi connectivity index (χ1) is 13.2. The Morgan fingerprint density at radius 2 is 2.04 bits per heavy atom. The number of hydrogen-bond acceptors (Lipinski definition) is 6. The molecule has 2 fully saturated rings. The number of anilines is 1. The lowest BCUT2D eigenvalue weighted by Gasteiger charge is -2.33. The van der Waals surface area contributed by atoms with Gasteiger partial charge in [0.05, 0.1) is 12.1 Å². The maximum atomic E-state index is 12.7. The van der Waals surface area contributed by atoms with Crippen LogP contribution in [0.3, 0.4) is 0 Å². The molecule has 0 aromatic carbocycles. The van der Waals surface area contributed by atoms with Crippen molar-refractivity contribution >= 4 is 40.2 Å². The normalized spacial score (nSPS) is 24.6. The Morgan fingerprint density at radius 1 is 1.36 bits per heavy atom. The monoisotopic (exact) mass is 407 g/mol. The highest BCUT2D eigenvalue weighted by molar-refractivity contribution is 7.13. The molecule has 1 saturated heterocycles. The summed E-state index contributed by atoms with van der Waals surface area (Å²) in [5, 5.41) is 8.28. The molecule has 28 heavy (non-hydrogen) atoms. The number of nitrogens with one attached hydrogen (secondary N) is 3. The minimum Gasteiger partial charge on any atom is -0.322 e. The van der Waals surface area contributed by atoms with Crippen LogP contribution in [-0.4, -0.2) is 39.3 Å². The second-order valence-electron chi connectivity index (χ2n) is 7.84. The summed E-state index contributed by atoms with van der Waals surface area (Å²) < 4.78 is 0. The van der Waals surface area contributed by atoms with Gasteiger partial charge in [0.1, 0.15) is 5.54 Å². The molecule has 1 aliphatic heterocycles. The number of carbonyl (C=O) groups excluding carboxylic acids is 4. The van der Waals surface area contributed by atoms with Crippen molar-refractivity contribution in [1.29, 1.82) is 0 Å². The summed E-state index contributed by atoms with van der Waals surface area (Å²) in [5.41, 5.74) is 1.94. The number of hydrogen-bond donors (Lipinski definition) is 3. The van der Waals surface area contributed by atoms with Crippen molar-refractivity contribution in [2.24, 2.45) is 11.8 Å². The van der Waals surface area contributed by atoms with Crippen molar-refractivity contribution in [3.63, 3.8) is 0 Å². The zero-order valence-corrected chi connectivity index (χ0v) is 17.0. The van der Waals surface area contributed by atoms with Crippen molar-refractivity contribution in [3.05, 3.63) is 11.1 Å². The van der Waals surface area contributed by atoms with Gasteiger partial charge in [0.25, 0.3) is 5.91 Å². The smallest absolute Gasteiger partial charge is 0.322 e. The topological polar surface area (TPSA) is 120 Å².